The van der Waals surface area contributed by atoms with E-state index in [1.54, 1.807) is 19.2 Å². The van der Waals surface area contributed by atoms with E-state index in [1.807, 2.05) is 12.1 Å². The number of hydrogen-bond acceptors (Lipinski definition) is 3. The minimum Gasteiger partial charge on any atom is -0.303 e. The highest BCUT2D eigenvalue weighted by Gasteiger charge is 2.22. The third kappa shape index (κ3) is 5.72. The molecule has 0 unspecified atom stereocenters. The van der Waals surface area contributed by atoms with E-state index in [2.05, 4.69) is 16.7 Å². The summed E-state index contributed by atoms with van der Waals surface area (Å²) in [5.41, 5.74) is 0.888. The molecule has 0 amide bonds. The van der Waals surface area contributed by atoms with Crippen LogP contribution in [0.15, 0.2) is 24.3 Å². The molecule has 130 valence electrons. The zero-order chi connectivity index (χ0) is 16.9. The number of nitrogens with zero attached hydrogens (tertiary/aromatic N) is 2. The summed E-state index contributed by atoms with van der Waals surface area (Å²) in [4.78, 5) is 2.37. The molecule has 0 bridgehead atoms. The topological polar surface area (TPSA) is 52.7 Å². The third-order valence-corrected chi connectivity index (χ3v) is 6.23. The molecule has 0 aliphatic carbocycles. The van der Waals surface area contributed by atoms with Gasteiger partial charge in [-0.1, -0.05) is 23.7 Å². The average molecular weight is 360 g/mol. The fourth-order valence-corrected chi connectivity index (χ4v) is 3.97. The van der Waals surface area contributed by atoms with Crippen LogP contribution in [0.4, 0.5) is 0 Å². The molecule has 1 N–H and O–H groups in total. The van der Waals surface area contributed by atoms with Gasteiger partial charge in [0, 0.05) is 31.2 Å². The van der Waals surface area contributed by atoms with Gasteiger partial charge in [-0.2, -0.15) is 17.4 Å². The first-order valence-electron chi connectivity index (χ1n) is 8.04. The Kier molecular flexibility index (Phi) is 6.85. The maximum atomic E-state index is 12.2. The monoisotopic (exact) mass is 359 g/mol. The average Bonchev–Trinajstić information content (AvgIpc) is 2.92. The molecule has 0 saturated carbocycles. The molecular formula is C16H26ClN3O2S. The van der Waals surface area contributed by atoms with Crippen molar-refractivity contribution in [1.82, 2.24) is 13.9 Å². The van der Waals surface area contributed by atoms with Gasteiger partial charge in [0.1, 0.15) is 0 Å². The van der Waals surface area contributed by atoms with Gasteiger partial charge in [-0.3, -0.25) is 0 Å². The van der Waals surface area contributed by atoms with Crippen molar-refractivity contribution in [1.29, 1.82) is 0 Å². The Morgan fingerprint density at radius 2 is 2.04 bits per heavy atom. The summed E-state index contributed by atoms with van der Waals surface area (Å²) in [6.45, 7) is 1.97. The molecule has 1 aliphatic heterocycles. The fourth-order valence-electron chi connectivity index (χ4n) is 2.90. The van der Waals surface area contributed by atoms with E-state index in [4.69, 9.17) is 11.6 Å². The number of rotatable bonds is 8. The van der Waals surface area contributed by atoms with Gasteiger partial charge in [0.05, 0.1) is 0 Å². The Bertz CT molecular complexity index is 592. The summed E-state index contributed by atoms with van der Waals surface area (Å²) in [6.07, 6.45) is 4.40. The third-order valence-electron chi connectivity index (χ3n) is 4.46. The summed E-state index contributed by atoms with van der Waals surface area (Å²) in [5, 5.41) is 0.644. The lowest BCUT2D eigenvalue weighted by Gasteiger charge is -2.21. The standard InChI is InChI=1S/C16H26ClN3O2S/c1-19-11-3-5-16(19)6-4-12-20(2)23(21,22)18-13-14-7-9-15(17)10-8-14/h7-10,16,18H,3-6,11-13H2,1-2H3/t16-/m0/s1. The highest BCUT2D eigenvalue weighted by atomic mass is 35.5. The highest BCUT2D eigenvalue weighted by molar-refractivity contribution is 7.87. The summed E-state index contributed by atoms with van der Waals surface area (Å²) >= 11 is 5.82. The highest BCUT2D eigenvalue weighted by Crippen LogP contribution is 2.19. The molecule has 0 radical (unpaired) electrons. The van der Waals surface area contributed by atoms with Crippen molar-refractivity contribution in [2.75, 3.05) is 27.2 Å². The Labute approximate surface area is 144 Å². The van der Waals surface area contributed by atoms with Crippen LogP contribution in [-0.2, 0) is 16.8 Å². The van der Waals surface area contributed by atoms with Crippen LogP contribution >= 0.6 is 11.6 Å². The molecular weight excluding hydrogens is 334 g/mol. The van der Waals surface area contributed by atoms with E-state index in [-0.39, 0.29) is 6.54 Å². The lowest BCUT2D eigenvalue weighted by molar-refractivity contribution is 0.285. The van der Waals surface area contributed by atoms with Crippen LogP contribution in [0.3, 0.4) is 0 Å². The van der Waals surface area contributed by atoms with Crippen LogP contribution in [0, 0.1) is 0 Å². The molecule has 7 heteroatoms. The van der Waals surface area contributed by atoms with Crippen LogP contribution in [0.1, 0.15) is 31.2 Å². The lowest BCUT2D eigenvalue weighted by atomic mass is 10.1. The molecule has 0 aromatic heterocycles. The first kappa shape index (κ1) is 18.7. The second-order valence-corrected chi connectivity index (χ2v) is 8.49. The number of hydrogen-bond donors (Lipinski definition) is 1. The van der Waals surface area contributed by atoms with Crippen LogP contribution in [0.2, 0.25) is 5.02 Å². The van der Waals surface area contributed by atoms with Gasteiger partial charge in [-0.05, 0) is 57.0 Å². The number of likely N-dealkylation sites (tertiary alicyclic amines) is 1. The van der Waals surface area contributed by atoms with Gasteiger partial charge >= 0.3 is 0 Å². The van der Waals surface area contributed by atoms with Crippen LogP contribution in [0.5, 0.6) is 0 Å². The Hall–Kier alpha value is -0.660. The van der Waals surface area contributed by atoms with Crippen molar-refractivity contribution in [2.24, 2.45) is 0 Å². The molecule has 1 aliphatic rings. The van der Waals surface area contributed by atoms with E-state index in [1.165, 1.54) is 17.1 Å². The summed E-state index contributed by atoms with van der Waals surface area (Å²) in [7, 11) is 0.331. The van der Waals surface area contributed by atoms with Crippen molar-refractivity contribution in [2.45, 2.75) is 38.3 Å². The summed E-state index contributed by atoms with van der Waals surface area (Å²) in [6, 6.07) is 7.76. The molecule has 5 nitrogen and oxygen atoms in total. The van der Waals surface area contributed by atoms with Gasteiger partial charge in [-0.15, -0.1) is 0 Å². The predicted octanol–water partition coefficient (Wildman–Crippen LogP) is 2.48. The van der Waals surface area contributed by atoms with Crippen LogP contribution in [0.25, 0.3) is 0 Å². The zero-order valence-electron chi connectivity index (χ0n) is 13.8. The molecule has 1 aromatic carbocycles. The Morgan fingerprint density at radius 1 is 1.35 bits per heavy atom. The normalized spacial score (nSPS) is 19.6. The number of nitrogens with one attached hydrogen (secondary N) is 1. The molecule has 1 aromatic rings. The maximum absolute atomic E-state index is 12.2. The zero-order valence-corrected chi connectivity index (χ0v) is 15.4. The van der Waals surface area contributed by atoms with E-state index in [0.717, 1.165) is 24.9 Å². The van der Waals surface area contributed by atoms with E-state index >= 15 is 0 Å². The van der Waals surface area contributed by atoms with Gasteiger partial charge in [0.2, 0.25) is 0 Å². The Balaban J connectivity index is 1.75. The summed E-state index contributed by atoms with van der Waals surface area (Å²) < 4.78 is 28.5. The molecule has 23 heavy (non-hydrogen) atoms. The van der Waals surface area contributed by atoms with Gasteiger partial charge in [0.15, 0.2) is 0 Å². The Morgan fingerprint density at radius 3 is 2.65 bits per heavy atom. The van der Waals surface area contributed by atoms with Crippen molar-refractivity contribution in [3.05, 3.63) is 34.9 Å². The van der Waals surface area contributed by atoms with Crippen LogP contribution in [-0.4, -0.2) is 50.8 Å². The molecule has 2 rings (SSSR count). The van der Waals surface area contributed by atoms with Crippen molar-refractivity contribution in [3.63, 3.8) is 0 Å². The van der Waals surface area contributed by atoms with E-state index in [9.17, 15) is 8.42 Å². The van der Waals surface area contributed by atoms with E-state index in [0.29, 0.717) is 17.6 Å². The number of benzene rings is 1. The second kappa shape index (κ2) is 8.44. The number of halogens is 1. The van der Waals surface area contributed by atoms with Gasteiger partial charge in [0.25, 0.3) is 10.2 Å². The molecule has 1 fully saturated rings. The first-order chi connectivity index (χ1) is 10.9. The minimum atomic E-state index is -3.44. The molecule has 0 spiro atoms. The van der Waals surface area contributed by atoms with Crippen LogP contribution < -0.4 is 4.72 Å². The second-order valence-electron chi connectivity index (χ2n) is 6.19. The molecule has 1 atom stereocenters. The van der Waals surface area contributed by atoms with Crippen molar-refractivity contribution >= 4 is 21.8 Å². The predicted molar refractivity (Wildman–Crippen MR) is 94.7 cm³/mol. The fraction of sp³-hybridized carbons (Fsp3) is 0.625. The van der Waals surface area contributed by atoms with E-state index < -0.39 is 10.2 Å². The van der Waals surface area contributed by atoms with Gasteiger partial charge < -0.3 is 4.90 Å². The SMILES string of the molecule is CN1CCC[C@H]1CCCN(C)S(=O)(=O)NCc1ccc(Cl)cc1. The molecule has 1 saturated heterocycles. The van der Waals surface area contributed by atoms with Gasteiger partial charge in [-0.25, -0.2) is 0 Å². The maximum Gasteiger partial charge on any atom is 0.279 e. The minimum absolute atomic E-state index is 0.273. The summed E-state index contributed by atoms with van der Waals surface area (Å²) in [5.74, 6) is 0. The smallest absolute Gasteiger partial charge is 0.279 e. The molecule has 1 heterocycles. The first-order valence-corrected chi connectivity index (χ1v) is 9.86. The largest absolute Gasteiger partial charge is 0.303 e. The lowest BCUT2D eigenvalue weighted by Crippen LogP contribution is -2.38. The quantitative estimate of drug-likeness (QED) is 0.775. The van der Waals surface area contributed by atoms with Crippen molar-refractivity contribution < 1.29 is 8.42 Å². The van der Waals surface area contributed by atoms with Crippen molar-refractivity contribution in [3.8, 4) is 0 Å².